The predicted octanol–water partition coefficient (Wildman–Crippen LogP) is 3.99. The maximum absolute atomic E-state index is 13.6. The Kier molecular flexibility index (Phi) is 7.98. The van der Waals surface area contributed by atoms with Crippen LogP contribution in [-0.2, 0) is 23.9 Å². The minimum atomic E-state index is -1.09. The fourth-order valence-corrected chi connectivity index (χ4v) is 6.56. The van der Waals surface area contributed by atoms with Crippen LogP contribution in [0.15, 0.2) is 11.0 Å². The molecule has 2 N–H and O–H groups in total. The third-order valence-electron chi connectivity index (χ3n) is 8.66. The topological polar surface area (TPSA) is 118 Å². The molecule has 8 nitrogen and oxygen atoms in total. The van der Waals surface area contributed by atoms with Gasteiger partial charge >= 0.3 is 5.97 Å². The van der Waals surface area contributed by atoms with Crippen molar-refractivity contribution < 1.29 is 29.0 Å². The van der Waals surface area contributed by atoms with Crippen LogP contribution in [0.5, 0.6) is 0 Å². The molecule has 9 heteroatoms. The maximum atomic E-state index is 13.6. The first-order valence-electron chi connectivity index (χ1n) is 13.3. The Balaban J connectivity index is 1.61. The Labute approximate surface area is 223 Å². The number of esters is 1. The number of carbonyl (C=O) groups is 3. The summed E-state index contributed by atoms with van der Waals surface area (Å²) in [6, 6.07) is -0.688. The summed E-state index contributed by atoms with van der Waals surface area (Å²) in [5, 5.41) is 16.7. The van der Waals surface area contributed by atoms with E-state index in [1.54, 1.807) is 25.2 Å². The number of aryl methyl sites for hydroxylation is 1. The van der Waals surface area contributed by atoms with Gasteiger partial charge in [-0.05, 0) is 51.2 Å². The highest BCUT2D eigenvalue weighted by molar-refractivity contribution is 7.09. The molecule has 8 atom stereocenters. The molecule has 37 heavy (non-hydrogen) atoms. The van der Waals surface area contributed by atoms with E-state index in [2.05, 4.69) is 17.2 Å². The zero-order valence-electron chi connectivity index (χ0n) is 22.7. The molecule has 3 aliphatic rings. The van der Waals surface area contributed by atoms with Crippen LogP contribution in [0.3, 0.4) is 0 Å². The van der Waals surface area contributed by atoms with Crippen molar-refractivity contribution in [2.75, 3.05) is 0 Å². The van der Waals surface area contributed by atoms with Crippen LogP contribution in [0.4, 0.5) is 0 Å². The monoisotopic (exact) mass is 532 g/mol. The van der Waals surface area contributed by atoms with Crippen molar-refractivity contribution in [1.29, 1.82) is 0 Å². The number of aliphatic hydroxyl groups is 1. The molecule has 4 rings (SSSR count). The van der Waals surface area contributed by atoms with Crippen molar-refractivity contribution in [2.24, 2.45) is 17.3 Å². The van der Waals surface area contributed by atoms with Crippen molar-refractivity contribution >= 4 is 35.1 Å². The molecule has 0 bridgehead atoms. The second kappa shape index (κ2) is 10.6. The number of ether oxygens (including phenoxy) is 2. The van der Waals surface area contributed by atoms with Crippen LogP contribution in [0.1, 0.15) is 83.8 Å². The molecular formula is C28H40N2O6S. The first kappa shape index (κ1) is 27.9. The Morgan fingerprint density at radius 2 is 2.00 bits per heavy atom. The second-order valence-corrected chi connectivity index (χ2v) is 12.8. The Morgan fingerprint density at radius 1 is 1.27 bits per heavy atom. The molecule has 0 saturated carbocycles. The van der Waals surface area contributed by atoms with Crippen molar-refractivity contribution in [3.8, 4) is 0 Å². The Morgan fingerprint density at radius 3 is 2.68 bits per heavy atom. The SMILES string of the molecule is C/C(=C\c1csc(C)n1)[C@@H]1C[C@@H]2O[C@]2(C)CCC[C@H](C)[C@H](O)[C@@H](C)C(=O)[C@]2(C)CC(=O)N[C@H]2CC(=O)O1. The lowest BCUT2D eigenvalue weighted by Crippen LogP contribution is -2.47. The number of epoxide rings is 1. The molecule has 0 aromatic carbocycles. The van der Waals surface area contributed by atoms with E-state index in [0.717, 1.165) is 35.5 Å². The first-order valence-corrected chi connectivity index (χ1v) is 14.2. The molecule has 1 aromatic heterocycles. The number of cyclic esters (lactones) is 1. The molecule has 0 radical (unpaired) electrons. The minimum Gasteiger partial charge on any atom is -0.458 e. The van der Waals surface area contributed by atoms with Crippen LogP contribution < -0.4 is 5.32 Å². The molecule has 3 saturated heterocycles. The van der Waals surface area contributed by atoms with Gasteiger partial charge in [-0.1, -0.05) is 27.2 Å². The van der Waals surface area contributed by atoms with Gasteiger partial charge in [0.25, 0.3) is 0 Å². The lowest BCUT2D eigenvalue weighted by molar-refractivity contribution is -0.149. The van der Waals surface area contributed by atoms with Gasteiger partial charge in [-0.3, -0.25) is 14.4 Å². The lowest BCUT2D eigenvalue weighted by atomic mass is 9.70. The summed E-state index contributed by atoms with van der Waals surface area (Å²) in [7, 11) is 0. The summed E-state index contributed by atoms with van der Waals surface area (Å²) < 4.78 is 12.1. The van der Waals surface area contributed by atoms with Gasteiger partial charge in [0.1, 0.15) is 11.9 Å². The van der Waals surface area contributed by atoms with Crippen LogP contribution in [0, 0.1) is 24.2 Å². The number of aliphatic hydroxyl groups excluding tert-OH is 1. The Bertz CT molecular complexity index is 1080. The van der Waals surface area contributed by atoms with Crippen molar-refractivity contribution in [3.63, 3.8) is 0 Å². The fourth-order valence-electron chi connectivity index (χ4n) is 5.99. The van der Waals surface area contributed by atoms with Gasteiger partial charge in [-0.25, -0.2) is 4.98 Å². The number of amides is 1. The normalized spacial score (nSPS) is 40.0. The molecule has 0 aliphatic carbocycles. The molecule has 1 aromatic rings. The molecular weight excluding hydrogens is 492 g/mol. The maximum Gasteiger partial charge on any atom is 0.308 e. The van der Waals surface area contributed by atoms with E-state index in [9.17, 15) is 19.5 Å². The van der Waals surface area contributed by atoms with E-state index in [-0.39, 0.29) is 42.2 Å². The minimum absolute atomic E-state index is 0.00494. The number of hydrogen-bond acceptors (Lipinski definition) is 8. The third-order valence-corrected chi connectivity index (χ3v) is 9.46. The lowest BCUT2D eigenvalue weighted by Gasteiger charge is -2.34. The highest BCUT2D eigenvalue weighted by Crippen LogP contribution is 2.45. The number of aromatic nitrogens is 1. The van der Waals surface area contributed by atoms with Crippen molar-refractivity contribution in [3.05, 3.63) is 21.7 Å². The fraction of sp³-hybridized carbons (Fsp3) is 0.714. The number of fused-ring (bicyclic) bond motifs is 2. The van der Waals surface area contributed by atoms with E-state index in [4.69, 9.17) is 9.47 Å². The van der Waals surface area contributed by atoms with Gasteiger partial charge < -0.3 is 19.9 Å². The van der Waals surface area contributed by atoms with Gasteiger partial charge in [-0.15, -0.1) is 11.3 Å². The quantitative estimate of drug-likeness (QED) is 0.437. The van der Waals surface area contributed by atoms with Gasteiger partial charge in [0, 0.05) is 24.1 Å². The third kappa shape index (κ3) is 5.99. The average Bonchev–Trinajstić information content (AvgIpc) is 3.10. The predicted molar refractivity (Wildman–Crippen MR) is 141 cm³/mol. The van der Waals surface area contributed by atoms with Crippen LogP contribution in [0.25, 0.3) is 6.08 Å². The van der Waals surface area contributed by atoms with Crippen LogP contribution in [-0.4, -0.2) is 57.7 Å². The van der Waals surface area contributed by atoms with Crippen LogP contribution >= 0.6 is 11.3 Å². The number of carbonyl (C=O) groups excluding carboxylic acids is 3. The summed E-state index contributed by atoms with van der Waals surface area (Å²) in [6.45, 7) is 11.4. The van der Waals surface area contributed by atoms with Gasteiger partial charge in [0.2, 0.25) is 5.91 Å². The number of hydrogen-bond donors (Lipinski definition) is 2. The smallest absolute Gasteiger partial charge is 0.308 e. The number of Topliss-reactive ketones (excluding diaryl/α,β-unsaturated/α-hetero) is 1. The Hall–Kier alpha value is -2.10. The molecule has 1 amide bonds. The summed E-state index contributed by atoms with van der Waals surface area (Å²) in [6.07, 6.45) is 3.41. The molecule has 4 heterocycles. The zero-order chi connectivity index (χ0) is 27.1. The first-order chi connectivity index (χ1) is 17.3. The van der Waals surface area contributed by atoms with Gasteiger partial charge in [0.05, 0.1) is 46.4 Å². The average molecular weight is 533 g/mol. The number of rotatable bonds is 2. The van der Waals surface area contributed by atoms with Gasteiger partial charge in [-0.2, -0.15) is 0 Å². The molecule has 3 fully saturated rings. The second-order valence-electron chi connectivity index (χ2n) is 11.7. The van der Waals surface area contributed by atoms with Crippen molar-refractivity contribution in [2.45, 2.75) is 110 Å². The largest absolute Gasteiger partial charge is 0.458 e. The van der Waals surface area contributed by atoms with Crippen molar-refractivity contribution in [1.82, 2.24) is 10.3 Å². The number of nitrogens with one attached hydrogen (secondary N) is 1. The number of thiazole rings is 1. The van der Waals surface area contributed by atoms with Crippen LogP contribution in [0.2, 0.25) is 0 Å². The number of nitrogens with zero attached hydrogens (tertiary/aromatic N) is 1. The summed E-state index contributed by atoms with van der Waals surface area (Å²) in [5.74, 6) is -1.67. The summed E-state index contributed by atoms with van der Waals surface area (Å²) in [5.41, 5.74) is 0.301. The number of ketones is 1. The highest BCUT2D eigenvalue weighted by Gasteiger charge is 2.54. The van der Waals surface area contributed by atoms with Gasteiger partial charge in [0.15, 0.2) is 0 Å². The molecule has 3 aliphatic heterocycles. The zero-order valence-corrected chi connectivity index (χ0v) is 23.5. The van der Waals surface area contributed by atoms with E-state index in [0.29, 0.717) is 6.42 Å². The summed E-state index contributed by atoms with van der Waals surface area (Å²) in [4.78, 5) is 43.7. The molecule has 0 spiro atoms. The molecule has 204 valence electrons. The van der Waals surface area contributed by atoms with E-state index < -0.39 is 35.6 Å². The van der Waals surface area contributed by atoms with E-state index in [1.165, 1.54) is 0 Å². The molecule has 0 unspecified atom stereocenters. The summed E-state index contributed by atoms with van der Waals surface area (Å²) >= 11 is 1.56. The van der Waals surface area contributed by atoms with E-state index >= 15 is 0 Å². The standard InChI is InChI=1S/C28H40N2O6S/c1-15-8-7-9-28(6)22(36-28)11-20(16(2)10-19-14-37-18(4)29-19)35-24(32)12-21-27(5,13-23(31)30-21)26(34)17(3)25(15)33/h10,14-15,17,20-22,25,33H,7-9,11-13H2,1-6H3,(H,30,31)/b16-10+/t15-,17+,20-,21-,22-,25-,27+,28+/m0/s1. The van der Waals surface area contributed by atoms with E-state index in [1.807, 2.05) is 32.2 Å². The highest BCUT2D eigenvalue weighted by atomic mass is 32.1.